The molecule has 0 aromatic rings. The second kappa shape index (κ2) is 6.55. The van der Waals surface area contributed by atoms with Crippen molar-refractivity contribution in [3.8, 4) is 0 Å². The first kappa shape index (κ1) is 15.8. The Hall–Kier alpha value is -0.120. The Labute approximate surface area is 129 Å². The van der Waals surface area contributed by atoms with Crippen LogP contribution in [0.15, 0.2) is 0 Å². The molecule has 0 radical (unpaired) electrons. The molecule has 3 nitrogen and oxygen atoms in total. The van der Waals surface area contributed by atoms with Crippen LogP contribution >= 0.6 is 0 Å². The van der Waals surface area contributed by atoms with Crippen LogP contribution < -0.4 is 0 Å². The minimum Gasteiger partial charge on any atom is -0.387 e. The largest absolute Gasteiger partial charge is 0.387 e. The molecule has 1 N–H and O–H groups in total. The smallest absolute Gasteiger partial charge is 0.195 e. The van der Waals surface area contributed by atoms with Gasteiger partial charge in [-0.3, -0.25) is 0 Å². The van der Waals surface area contributed by atoms with Crippen molar-refractivity contribution in [3.05, 3.63) is 0 Å². The highest BCUT2D eigenvalue weighted by molar-refractivity contribution is 4.96. The number of hydrogen-bond acceptors (Lipinski definition) is 3. The number of rotatable bonds is 0. The molecule has 3 rings (SSSR count). The zero-order valence-electron chi connectivity index (χ0n) is 13.7. The van der Waals surface area contributed by atoms with Gasteiger partial charge in [-0.25, -0.2) is 0 Å². The molecule has 0 amide bonds. The first-order valence-corrected chi connectivity index (χ1v) is 9.13. The molecular formula is C18H32O3. The van der Waals surface area contributed by atoms with Gasteiger partial charge in [-0.1, -0.05) is 38.5 Å². The third-order valence-corrected chi connectivity index (χ3v) is 5.76. The van der Waals surface area contributed by atoms with E-state index >= 15 is 0 Å². The molecule has 0 aromatic heterocycles. The van der Waals surface area contributed by atoms with Gasteiger partial charge in [0.15, 0.2) is 5.79 Å². The maximum absolute atomic E-state index is 11.0. The van der Waals surface area contributed by atoms with Crippen molar-refractivity contribution < 1.29 is 14.6 Å². The molecule has 21 heavy (non-hydrogen) atoms. The lowest BCUT2D eigenvalue weighted by atomic mass is 9.71. The fraction of sp³-hybridized carbons (Fsp3) is 1.00. The highest BCUT2D eigenvalue weighted by Gasteiger charge is 2.53. The number of ether oxygens (including phenoxy) is 2. The third-order valence-electron chi connectivity index (χ3n) is 5.76. The first-order valence-electron chi connectivity index (χ1n) is 9.13. The Balaban J connectivity index is 1.79. The Bertz CT molecular complexity index is 333. The monoisotopic (exact) mass is 296 g/mol. The molecule has 3 aliphatic rings. The van der Waals surface area contributed by atoms with E-state index < -0.39 is 11.9 Å². The summed E-state index contributed by atoms with van der Waals surface area (Å²) in [5.74, 6) is 0.303. The van der Waals surface area contributed by atoms with Gasteiger partial charge in [0.1, 0.15) is 6.10 Å². The van der Waals surface area contributed by atoms with Crippen LogP contribution in [0.3, 0.4) is 0 Å². The number of fused-ring (bicyclic) bond motifs is 2. The van der Waals surface area contributed by atoms with Gasteiger partial charge < -0.3 is 14.6 Å². The summed E-state index contributed by atoms with van der Waals surface area (Å²) < 4.78 is 12.5. The molecular weight excluding hydrogens is 264 g/mol. The number of aliphatic hydroxyl groups excluding tert-OH is 1. The van der Waals surface area contributed by atoms with Crippen molar-refractivity contribution in [2.75, 3.05) is 0 Å². The second-order valence-electron chi connectivity index (χ2n) is 7.76. The normalized spacial score (nSPS) is 49.0. The molecule has 1 spiro atoms. The lowest BCUT2D eigenvalue weighted by Crippen LogP contribution is -2.60. The third kappa shape index (κ3) is 3.46. The Morgan fingerprint density at radius 2 is 1.48 bits per heavy atom. The number of hydrogen-bond donors (Lipinski definition) is 1. The summed E-state index contributed by atoms with van der Waals surface area (Å²) in [5.41, 5.74) is 0. The fourth-order valence-electron chi connectivity index (χ4n) is 4.90. The lowest BCUT2D eigenvalue weighted by molar-refractivity contribution is -0.368. The van der Waals surface area contributed by atoms with Crippen LogP contribution in [0.4, 0.5) is 0 Å². The van der Waals surface area contributed by atoms with Gasteiger partial charge in [-0.15, -0.1) is 0 Å². The molecule has 2 aliphatic carbocycles. The lowest BCUT2D eigenvalue weighted by Gasteiger charge is -2.52. The molecule has 0 aromatic carbocycles. The Kier molecular flexibility index (Phi) is 4.92. The van der Waals surface area contributed by atoms with Gasteiger partial charge in [-0.2, -0.15) is 0 Å². The van der Waals surface area contributed by atoms with Gasteiger partial charge in [0.2, 0.25) is 0 Å². The van der Waals surface area contributed by atoms with Gasteiger partial charge in [0, 0.05) is 6.42 Å². The molecule has 1 heterocycles. The van der Waals surface area contributed by atoms with E-state index in [1.165, 1.54) is 44.9 Å². The maximum Gasteiger partial charge on any atom is 0.195 e. The summed E-state index contributed by atoms with van der Waals surface area (Å²) in [5, 5.41) is 11.0. The summed E-state index contributed by atoms with van der Waals surface area (Å²) in [6, 6.07) is 0. The van der Waals surface area contributed by atoms with Crippen molar-refractivity contribution >= 4 is 0 Å². The van der Waals surface area contributed by atoms with E-state index in [0.29, 0.717) is 11.8 Å². The molecule has 1 aliphatic heterocycles. The average molecular weight is 296 g/mol. The SMILES string of the molecule is C[C@@H]1C[C@@H](C)OC2(C[C@@H]3CCCCCCC[C@@H](C3)[C@@H]2O)O1. The number of aliphatic hydroxyl groups is 1. The fourth-order valence-corrected chi connectivity index (χ4v) is 4.90. The van der Waals surface area contributed by atoms with Crippen LogP contribution in [0.1, 0.15) is 78.1 Å². The van der Waals surface area contributed by atoms with Gasteiger partial charge in [0.25, 0.3) is 0 Å². The van der Waals surface area contributed by atoms with E-state index in [2.05, 4.69) is 13.8 Å². The molecule has 3 fully saturated rings. The van der Waals surface area contributed by atoms with Crippen molar-refractivity contribution in [2.45, 2.75) is 102 Å². The van der Waals surface area contributed by atoms with Crippen molar-refractivity contribution in [1.82, 2.24) is 0 Å². The molecule has 1 saturated heterocycles. The minimum atomic E-state index is -0.718. The van der Waals surface area contributed by atoms with E-state index in [4.69, 9.17) is 9.47 Å². The van der Waals surface area contributed by atoms with Gasteiger partial charge >= 0.3 is 0 Å². The zero-order valence-corrected chi connectivity index (χ0v) is 13.7. The molecule has 2 bridgehead atoms. The summed E-state index contributed by atoms with van der Waals surface area (Å²) in [7, 11) is 0. The summed E-state index contributed by atoms with van der Waals surface area (Å²) >= 11 is 0. The van der Waals surface area contributed by atoms with E-state index in [1.807, 2.05) is 0 Å². The first-order chi connectivity index (χ1) is 10.1. The molecule has 3 heteroatoms. The predicted molar refractivity (Wildman–Crippen MR) is 83.0 cm³/mol. The van der Waals surface area contributed by atoms with E-state index in [1.54, 1.807) is 0 Å². The molecule has 5 atom stereocenters. The van der Waals surface area contributed by atoms with Crippen LogP contribution in [-0.4, -0.2) is 29.2 Å². The Morgan fingerprint density at radius 1 is 0.857 bits per heavy atom. The quantitative estimate of drug-likeness (QED) is 0.733. The standard InChI is InChI=1S/C18H32O3/c1-13-10-14(2)21-18(20-13)12-15-8-6-4-3-5-7-9-16(11-15)17(18)19/h13-17,19H,3-12H2,1-2H3/t13-,14-,15-,16+,17+/m1/s1. The Morgan fingerprint density at radius 3 is 2.19 bits per heavy atom. The van der Waals surface area contributed by atoms with Crippen LogP contribution in [-0.2, 0) is 9.47 Å². The maximum atomic E-state index is 11.0. The highest BCUT2D eigenvalue weighted by Crippen LogP contribution is 2.47. The van der Waals surface area contributed by atoms with E-state index in [0.717, 1.165) is 19.3 Å². The van der Waals surface area contributed by atoms with E-state index in [9.17, 15) is 5.11 Å². The van der Waals surface area contributed by atoms with Crippen LogP contribution in [0.25, 0.3) is 0 Å². The zero-order chi connectivity index (χ0) is 14.9. The van der Waals surface area contributed by atoms with Gasteiger partial charge in [0.05, 0.1) is 12.2 Å². The van der Waals surface area contributed by atoms with E-state index in [-0.39, 0.29) is 12.2 Å². The van der Waals surface area contributed by atoms with Crippen LogP contribution in [0, 0.1) is 11.8 Å². The van der Waals surface area contributed by atoms with Crippen molar-refractivity contribution in [2.24, 2.45) is 11.8 Å². The summed E-state index contributed by atoms with van der Waals surface area (Å²) in [6.45, 7) is 4.24. The second-order valence-corrected chi connectivity index (χ2v) is 7.76. The van der Waals surface area contributed by atoms with Crippen LogP contribution in [0.5, 0.6) is 0 Å². The molecule has 0 unspecified atom stereocenters. The van der Waals surface area contributed by atoms with Crippen molar-refractivity contribution in [3.63, 3.8) is 0 Å². The highest BCUT2D eigenvalue weighted by atomic mass is 16.7. The summed E-state index contributed by atoms with van der Waals surface area (Å²) in [6.07, 6.45) is 12.0. The van der Waals surface area contributed by atoms with Crippen molar-refractivity contribution in [1.29, 1.82) is 0 Å². The molecule has 122 valence electrons. The predicted octanol–water partition coefficient (Wildman–Crippen LogP) is 4.03. The molecule has 2 saturated carbocycles. The minimum absolute atomic E-state index is 0.190. The topological polar surface area (TPSA) is 38.7 Å². The van der Waals surface area contributed by atoms with Gasteiger partial charge in [-0.05, 0) is 44.9 Å². The summed E-state index contributed by atoms with van der Waals surface area (Å²) in [4.78, 5) is 0. The average Bonchev–Trinajstić information content (AvgIpc) is 2.42. The van der Waals surface area contributed by atoms with Crippen LogP contribution in [0.2, 0.25) is 0 Å².